The van der Waals surface area contributed by atoms with Crippen molar-refractivity contribution in [1.29, 1.82) is 5.41 Å². The van der Waals surface area contributed by atoms with Gasteiger partial charge in [-0.25, -0.2) is 4.79 Å². The highest BCUT2D eigenvalue weighted by Crippen LogP contribution is 1.62. The molecule has 0 radical (unpaired) electrons. The zero-order valence-electron chi connectivity index (χ0n) is 3.47. The number of nitrogens with two attached hydrogens (primary N) is 2. The van der Waals surface area contributed by atoms with Crippen molar-refractivity contribution in [3.8, 4) is 0 Å². The van der Waals surface area contributed by atoms with E-state index in [4.69, 9.17) is 5.41 Å². The third-order valence-corrected chi connectivity index (χ3v) is 0.327. The first-order chi connectivity index (χ1) is 3.18. The molecule has 5 N–H and O–H groups in total. The lowest BCUT2D eigenvalue weighted by Gasteiger charge is -1.88. The van der Waals surface area contributed by atoms with E-state index < -0.39 is 11.8 Å². The highest BCUT2D eigenvalue weighted by atomic mass is 16.7. The van der Waals surface area contributed by atoms with Crippen molar-refractivity contribution >= 4 is 11.8 Å². The molecule has 0 heterocycles. The Morgan fingerprint density at radius 3 is 2.14 bits per heavy atom. The molecule has 0 spiro atoms. The van der Waals surface area contributed by atoms with E-state index in [1.165, 1.54) is 0 Å². The summed E-state index contributed by atoms with van der Waals surface area (Å²) in [5.41, 5.74) is 4.58. The molecule has 7 heavy (non-hydrogen) atoms. The average Bonchev–Trinajstić information content (AvgIpc) is 1.65. The molecule has 0 aliphatic heterocycles. The van der Waals surface area contributed by atoms with Crippen molar-refractivity contribution in [2.75, 3.05) is 0 Å². The van der Waals surface area contributed by atoms with Crippen molar-refractivity contribution in [2.45, 2.75) is 0 Å². The summed E-state index contributed by atoms with van der Waals surface area (Å²) in [4.78, 5) is 13.3. The van der Waals surface area contributed by atoms with Gasteiger partial charge >= 0.3 is 5.97 Å². The Bertz CT molecular complexity index is 99.1. The van der Waals surface area contributed by atoms with E-state index in [0.29, 0.717) is 0 Å². The second-order valence-electron chi connectivity index (χ2n) is 0.819. The molecule has 40 valence electrons. The van der Waals surface area contributed by atoms with Gasteiger partial charge in [0.15, 0.2) is 0 Å². The van der Waals surface area contributed by atoms with E-state index in [2.05, 4.69) is 16.5 Å². The predicted octanol–water partition coefficient (Wildman–Crippen LogP) is -1.66. The fraction of sp³-hybridized carbons (Fsp3) is 0. The van der Waals surface area contributed by atoms with Crippen LogP contribution in [0, 0.1) is 5.41 Å². The first-order valence-corrected chi connectivity index (χ1v) is 1.43. The second-order valence-corrected chi connectivity index (χ2v) is 0.819. The highest BCUT2D eigenvalue weighted by molar-refractivity contribution is 6.33. The van der Waals surface area contributed by atoms with Crippen molar-refractivity contribution in [3.05, 3.63) is 0 Å². The molecule has 0 bridgehead atoms. The molecule has 0 aliphatic carbocycles. The van der Waals surface area contributed by atoms with Crippen LogP contribution in [0.2, 0.25) is 0 Å². The molecule has 0 aromatic carbocycles. The molecule has 0 fully saturated rings. The molecule has 5 nitrogen and oxygen atoms in total. The van der Waals surface area contributed by atoms with Gasteiger partial charge < -0.3 is 10.6 Å². The summed E-state index contributed by atoms with van der Waals surface area (Å²) in [6.45, 7) is 0. The molecule has 0 aliphatic rings. The van der Waals surface area contributed by atoms with Gasteiger partial charge in [-0.2, -0.15) is 5.90 Å². The van der Waals surface area contributed by atoms with Gasteiger partial charge in [0.1, 0.15) is 0 Å². The van der Waals surface area contributed by atoms with Gasteiger partial charge in [0, 0.05) is 0 Å². The Kier molecular flexibility index (Phi) is 1.80. The lowest BCUT2D eigenvalue weighted by atomic mass is 10.6. The van der Waals surface area contributed by atoms with Crippen LogP contribution in [0.5, 0.6) is 0 Å². The monoisotopic (exact) mass is 103 g/mol. The van der Waals surface area contributed by atoms with Gasteiger partial charge in [-0.05, 0) is 0 Å². The Balaban J connectivity index is 3.58. The number of nitrogens with one attached hydrogen (secondary N) is 1. The van der Waals surface area contributed by atoms with E-state index >= 15 is 0 Å². The van der Waals surface area contributed by atoms with Gasteiger partial charge in [0.25, 0.3) is 0 Å². The maximum Gasteiger partial charge on any atom is 0.391 e. The molecule has 0 aromatic heterocycles. The van der Waals surface area contributed by atoms with Crippen molar-refractivity contribution in [3.63, 3.8) is 0 Å². The van der Waals surface area contributed by atoms with Crippen LogP contribution in [0.25, 0.3) is 0 Å². The van der Waals surface area contributed by atoms with Gasteiger partial charge in [-0.3, -0.25) is 5.41 Å². The molecule has 0 atom stereocenters. The maximum atomic E-state index is 9.81. The summed E-state index contributed by atoms with van der Waals surface area (Å²) in [7, 11) is 0. The summed E-state index contributed by atoms with van der Waals surface area (Å²) in [5.74, 6) is 2.60. The summed E-state index contributed by atoms with van der Waals surface area (Å²) < 4.78 is 0. The minimum Gasteiger partial charge on any atom is -0.378 e. The van der Waals surface area contributed by atoms with Gasteiger partial charge in [-0.1, -0.05) is 0 Å². The predicted molar refractivity (Wildman–Crippen MR) is 22.2 cm³/mol. The summed E-state index contributed by atoms with van der Waals surface area (Å²) in [6, 6.07) is 0. The quantitative estimate of drug-likeness (QED) is 0.194. The van der Waals surface area contributed by atoms with Crippen LogP contribution in [-0.4, -0.2) is 11.8 Å². The summed E-state index contributed by atoms with van der Waals surface area (Å²) in [5, 5.41) is 6.32. The van der Waals surface area contributed by atoms with Gasteiger partial charge in [0.05, 0.1) is 0 Å². The molecule has 0 amide bonds. The van der Waals surface area contributed by atoms with Crippen LogP contribution in [-0.2, 0) is 9.63 Å². The molecule has 0 saturated carbocycles. The second kappa shape index (κ2) is 2.14. The minimum absolute atomic E-state index is 0.692. The number of rotatable bonds is 0. The molecule has 0 aromatic rings. The average molecular weight is 103 g/mol. The Morgan fingerprint density at radius 1 is 1.71 bits per heavy atom. The fourth-order valence-corrected chi connectivity index (χ4v) is 0.0635. The first kappa shape index (κ1) is 5.90. The molecule has 0 saturated heterocycles. The third kappa shape index (κ3) is 1.72. The number of hydrogen-bond donors (Lipinski definition) is 3. The van der Waals surface area contributed by atoms with E-state index in [9.17, 15) is 4.79 Å². The molecule has 5 heteroatoms. The lowest BCUT2D eigenvalue weighted by Crippen LogP contribution is -2.26. The van der Waals surface area contributed by atoms with Gasteiger partial charge in [-0.15, -0.1) is 0 Å². The van der Waals surface area contributed by atoms with Crippen LogP contribution in [0.15, 0.2) is 0 Å². The van der Waals surface area contributed by atoms with Crippen LogP contribution >= 0.6 is 0 Å². The Hall–Kier alpha value is -1.10. The normalized spacial score (nSPS) is 7.57. The van der Waals surface area contributed by atoms with Crippen molar-refractivity contribution in [2.24, 2.45) is 11.6 Å². The fourth-order valence-electron chi connectivity index (χ4n) is 0.0635. The van der Waals surface area contributed by atoms with Gasteiger partial charge in [0.2, 0.25) is 5.84 Å². The largest absolute Gasteiger partial charge is 0.391 e. The van der Waals surface area contributed by atoms with Crippen molar-refractivity contribution < 1.29 is 9.63 Å². The van der Waals surface area contributed by atoms with Crippen molar-refractivity contribution in [1.82, 2.24) is 0 Å². The minimum atomic E-state index is -1.01. The number of carbonyl (C=O) groups excluding carboxylic acids is 1. The third-order valence-electron chi connectivity index (χ3n) is 0.327. The highest BCUT2D eigenvalue weighted by Gasteiger charge is 2.00. The molecule has 0 rings (SSSR count). The lowest BCUT2D eigenvalue weighted by molar-refractivity contribution is -0.136. The van der Waals surface area contributed by atoms with Crippen LogP contribution in [0.4, 0.5) is 0 Å². The Labute approximate surface area is 39.7 Å². The smallest absolute Gasteiger partial charge is 0.378 e. The van der Waals surface area contributed by atoms with E-state index in [1.54, 1.807) is 0 Å². The van der Waals surface area contributed by atoms with E-state index in [-0.39, 0.29) is 0 Å². The summed E-state index contributed by atoms with van der Waals surface area (Å²) >= 11 is 0. The van der Waals surface area contributed by atoms with E-state index in [1.807, 2.05) is 0 Å². The molecular weight excluding hydrogens is 98.0 g/mol. The Morgan fingerprint density at radius 2 is 2.14 bits per heavy atom. The molecule has 0 unspecified atom stereocenters. The molecular formula is C2H5N3O2. The standard InChI is InChI=1S/C2H5N3O2/c3-1(4)2(6)7-5/h5H2,(H3,3,4). The first-order valence-electron chi connectivity index (χ1n) is 1.43. The zero-order chi connectivity index (χ0) is 5.86. The number of amidine groups is 1. The number of hydrogen-bond acceptors (Lipinski definition) is 4. The topological polar surface area (TPSA) is 102 Å². The number of carbonyl (C=O) groups is 1. The maximum absolute atomic E-state index is 9.81. The van der Waals surface area contributed by atoms with Crippen LogP contribution in [0.3, 0.4) is 0 Å². The summed E-state index contributed by atoms with van der Waals surface area (Å²) in [6.07, 6.45) is 0. The van der Waals surface area contributed by atoms with Crippen LogP contribution in [0.1, 0.15) is 0 Å². The zero-order valence-corrected chi connectivity index (χ0v) is 3.47. The SMILES string of the molecule is N=C(N)C(=O)ON. The van der Waals surface area contributed by atoms with E-state index in [0.717, 1.165) is 0 Å². The van der Waals surface area contributed by atoms with Crippen LogP contribution < -0.4 is 11.6 Å².